The highest BCUT2D eigenvalue weighted by Gasteiger charge is 2.29. The Hall–Kier alpha value is -2.49. The molecule has 0 aliphatic rings. The van der Waals surface area contributed by atoms with Gasteiger partial charge < -0.3 is 10.6 Å². The summed E-state index contributed by atoms with van der Waals surface area (Å²) in [4.78, 5) is 30.0. The van der Waals surface area contributed by atoms with E-state index in [1.54, 1.807) is 13.8 Å². The summed E-state index contributed by atoms with van der Waals surface area (Å²) < 4.78 is 0. The Bertz CT molecular complexity index is 559. The number of nitrogens with two attached hydrogens (primary N) is 1. The third-order valence-corrected chi connectivity index (χ3v) is 2.91. The fourth-order valence-electron chi connectivity index (χ4n) is 1.70. The molecule has 0 aliphatic carbocycles. The molecule has 0 spiro atoms. The Kier molecular flexibility index (Phi) is 4.97. The predicted molar refractivity (Wildman–Crippen MR) is 77.6 cm³/mol. The van der Waals surface area contributed by atoms with Gasteiger partial charge in [0, 0.05) is 13.6 Å². The van der Waals surface area contributed by atoms with E-state index in [4.69, 9.17) is 5.84 Å². The molecule has 1 aromatic heterocycles. The summed E-state index contributed by atoms with van der Waals surface area (Å²) in [5, 5.41) is 16.5. The lowest BCUT2D eigenvalue weighted by atomic mass is 9.92. The number of hydrogen-bond acceptors (Lipinski definition) is 8. The lowest BCUT2D eigenvalue weighted by molar-refractivity contribution is -0.385. The van der Waals surface area contributed by atoms with E-state index < -0.39 is 10.3 Å². The van der Waals surface area contributed by atoms with Crippen molar-refractivity contribution in [2.45, 2.75) is 20.8 Å². The number of hydrazine groups is 1. The van der Waals surface area contributed by atoms with Crippen LogP contribution in [0.4, 0.5) is 17.5 Å². The largest absolute Gasteiger partial charge is 0.363 e. The van der Waals surface area contributed by atoms with E-state index in [1.165, 1.54) is 14.0 Å². The van der Waals surface area contributed by atoms with Crippen LogP contribution in [0.25, 0.3) is 0 Å². The van der Waals surface area contributed by atoms with Crippen LogP contribution in [0.3, 0.4) is 0 Å². The zero-order valence-corrected chi connectivity index (χ0v) is 12.4. The first kappa shape index (κ1) is 16.6. The number of aromatic nitrogens is 2. The SMILES string of the molecule is CNC(=O)C(C)(C)CNc1nc(NN)nc(C)c1[N+](=O)[O-]. The average Bonchev–Trinajstić information content (AvgIpc) is 2.42. The van der Waals surface area contributed by atoms with Gasteiger partial charge in [-0.2, -0.15) is 4.98 Å². The molecule has 10 nitrogen and oxygen atoms in total. The van der Waals surface area contributed by atoms with Crippen LogP contribution in [0.15, 0.2) is 0 Å². The minimum absolute atomic E-state index is 0.0115. The number of nitrogens with zero attached hydrogens (tertiary/aromatic N) is 3. The van der Waals surface area contributed by atoms with Crippen LogP contribution in [-0.4, -0.2) is 34.4 Å². The van der Waals surface area contributed by atoms with Gasteiger partial charge in [0.15, 0.2) is 0 Å². The lowest BCUT2D eigenvalue weighted by Crippen LogP contribution is -2.39. The van der Waals surface area contributed by atoms with Gasteiger partial charge >= 0.3 is 5.69 Å². The molecule has 1 rings (SSSR count). The predicted octanol–water partition coefficient (Wildman–Crippen LogP) is 0.163. The van der Waals surface area contributed by atoms with Crippen molar-refractivity contribution >= 4 is 23.4 Å². The third-order valence-electron chi connectivity index (χ3n) is 2.91. The molecule has 0 aromatic carbocycles. The van der Waals surface area contributed by atoms with Crippen molar-refractivity contribution in [1.29, 1.82) is 0 Å². The van der Waals surface area contributed by atoms with Crippen molar-refractivity contribution in [3.8, 4) is 0 Å². The number of anilines is 2. The molecule has 10 heteroatoms. The Morgan fingerprint density at radius 3 is 2.52 bits per heavy atom. The molecule has 0 unspecified atom stereocenters. The van der Waals surface area contributed by atoms with Gasteiger partial charge in [-0.15, -0.1) is 0 Å². The maximum atomic E-state index is 11.7. The van der Waals surface area contributed by atoms with Crippen LogP contribution in [-0.2, 0) is 4.79 Å². The van der Waals surface area contributed by atoms with Crippen LogP contribution in [0.5, 0.6) is 0 Å². The Morgan fingerprint density at radius 1 is 1.43 bits per heavy atom. The molecule has 0 fully saturated rings. The van der Waals surface area contributed by atoms with E-state index in [0.717, 1.165) is 0 Å². The molecule has 5 N–H and O–H groups in total. The van der Waals surface area contributed by atoms with Crippen LogP contribution < -0.4 is 21.9 Å². The van der Waals surface area contributed by atoms with Gasteiger partial charge in [-0.05, 0) is 20.8 Å². The fourth-order valence-corrected chi connectivity index (χ4v) is 1.70. The van der Waals surface area contributed by atoms with Gasteiger partial charge in [0.25, 0.3) is 0 Å². The van der Waals surface area contributed by atoms with Gasteiger partial charge in [0.05, 0.1) is 10.3 Å². The Balaban J connectivity index is 3.09. The molecule has 0 atom stereocenters. The number of nitrogen functional groups attached to an aromatic ring is 1. The summed E-state index contributed by atoms with van der Waals surface area (Å²) >= 11 is 0. The number of aryl methyl sites for hydroxylation is 1. The Morgan fingerprint density at radius 2 is 2.05 bits per heavy atom. The average molecular weight is 297 g/mol. The van der Waals surface area contributed by atoms with Crippen LogP contribution >= 0.6 is 0 Å². The minimum atomic E-state index is -0.766. The van der Waals surface area contributed by atoms with E-state index in [1.807, 2.05) is 0 Å². The number of rotatable bonds is 6. The van der Waals surface area contributed by atoms with Crippen molar-refractivity contribution in [2.24, 2.45) is 11.3 Å². The van der Waals surface area contributed by atoms with Crippen molar-refractivity contribution in [3.63, 3.8) is 0 Å². The molecule has 116 valence electrons. The number of carbonyl (C=O) groups excluding carboxylic acids is 1. The van der Waals surface area contributed by atoms with E-state index in [-0.39, 0.29) is 35.6 Å². The molecule has 0 saturated carbocycles. The summed E-state index contributed by atoms with van der Waals surface area (Å²) in [5.41, 5.74) is 1.40. The number of nitrogens with one attached hydrogen (secondary N) is 3. The third kappa shape index (κ3) is 3.75. The highest BCUT2D eigenvalue weighted by atomic mass is 16.6. The van der Waals surface area contributed by atoms with Gasteiger partial charge in [-0.25, -0.2) is 10.8 Å². The van der Waals surface area contributed by atoms with Crippen molar-refractivity contribution < 1.29 is 9.72 Å². The monoisotopic (exact) mass is 297 g/mol. The number of carbonyl (C=O) groups is 1. The zero-order valence-electron chi connectivity index (χ0n) is 12.4. The van der Waals surface area contributed by atoms with E-state index >= 15 is 0 Å². The zero-order chi connectivity index (χ0) is 16.2. The quantitative estimate of drug-likeness (QED) is 0.330. The maximum Gasteiger partial charge on any atom is 0.332 e. The van der Waals surface area contributed by atoms with Gasteiger partial charge in [0.1, 0.15) is 5.69 Å². The first-order chi connectivity index (χ1) is 9.72. The van der Waals surface area contributed by atoms with Gasteiger partial charge in [-0.3, -0.25) is 20.3 Å². The second-order valence-corrected chi connectivity index (χ2v) is 5.05. The molecule has 1 heterocycles. The van der Waals surface area contributed by atoms with Crippen molar-refractivity contribution in [3.05, 3.63) is 15.8 Å². The van der Waals surface area contributed by atoms with Gasteiger partial charge in [0.2, 0.25) is 17.7 Å². The Labute approximate surface area is 121 Å². The molecule has 21 heavy (non-hydrogen) atoms. The molecule has 0 aliphatic heterocycles. The summed E-state index contributed by atoms with van der Waals surface area (Å²) in [6, 6.07) is 0. The van der Waals surface area contributed by atoms with Gasteiger partial charge in [-0.1, -0.05) is 0 Å². The van der Waals surface area contributed by atoms with E-state index in [9.17, 15) is 14.9 Å². The summed E-state index contributed by atoms with van der Waals surface area (Å²) in [7, 11) is 1.53. The number of amides is 1. The van der Waals surface area contributed by atoms with E-state index in [0.29, 0.717) is 0 Å². The summed E-state index contributed by atoms with van der Waals surface area (Å²) in [6.45, 7) is 5.06. The maximum absolute atomic E-state index is 11.7. The normalized spacial score (nSPS) is 10.9. The topological polar surface area (TPSA) is 148 Å². The first-order valence-electron chi connectivity index (χ1n) is 6.18. The van der Waals surface area contributed by atoms with Crippen LogP contribution in [0.1, 0.15) is 19.5 Å². The highest BCUT2D eigenvalue weighted by molar-refractivity contribution is 5.82. The molecule has 1 amide bonds. The smallest absolute Gasteiger partial charge is 0.332 e. The number of hydrogen-bond donors (Lipinski definition) is 4. The van der Waals surface area contributed by atoms with Crippen LogP contribution in [0, 0.1) is 22.5 Å². The molecule has 0 saturated heterocycles. The standard InChI is InChI=1S/C11H19N7O3/c1-6-7(18(20)21)8(16-10(15-6)17-12)14-5-11(2,3)9(19)13-4/h5,12H2,1-4H3,(H,13,19)(H2,14,15,16,17). The van der Waals surface area contributed by atoms with Crippen molar-refractivity contribution in [2.75, 3.05) is 24.3 Å². The summed E-state index contributed by atoms with van der Waals surface area (Å²) in [6.07, 6.45) is 0. The second kappa shape index (κ2) is 6.31. The minimum Gasteiger partial charge on any atom is -0.363 e. The fraction of sp³-hybridized carbons (Fsp3) is 0.545. The van der Waals surface area contributed by atoms with E-state index in [2.05, 4.69) is 26.0 Å². The molecule has 1 aromatic rings. The molecule has 0 bridgehead atoms. The lowest BCUT2D eigenvalue weighted by Gasteiger charge is -2.23. The molecular formula is C11H19N7O3. The van der Waals surface area contributed by atoms with Crippen molar-refractivity contribution in [1.82, 2.24) is 15.3 Å². The first-order valence-corrected chi connectivity index (χ1v) is 6.18. The second-order valence-electron chi connectivity index (χ2n) is 5.05. The number of nitro groups is 1. The highest BCUT2D eigenvalue weighted by Crippen LogP contribution is 2.27. The van der Waals surface area contributed by atoms with Crippen LogP contribution in [0.2, 0.25) is 0 Å². The molecule has 0 radical (unpaired) electrons. The molecular weight excluding hydrogens is 278 g/mol. The summed E-state index contributed by atoms with van der Waals surface area (Å²) in [5.74, 6) is 5.10.